The lowest BCUT2D eigenvalue weighted by atomic mass is 10.1. The lowest BCUT2D eigenvalue weighted by Crippen LogP contribution is -2.27. The number of nitrogens with one attached hydrogen (secondary N) is 1. The number of carbonyl (C=O) groups is 1. The number of rotatable bonds is 7. The van der Waals surface area contributed by atoms with E-state index in [1.807, 2.05) is 30.3 Å². The zero-order valence-electron chi connectivity index (χ0n) is 16.4. The van der Waals surface area contributed by atoms with E-state index in [4.69, 9.17) is 9.26 Å². The third-order valence-corrected chi connectivity index (χ3v) is 4.56. The maximum absolute atomic E-state index is 12.5. The quantitative estimate of drug-likeness (QED) is 0.487. The Bertz CT molecular complexity index is 1180. The van der Waals surface area contributed by atoms with Crippen LogP contribution >= 0.6 is 0 Å². The average Bonchev–Trinajstić information content (AvgIpc) is 3.33. The van der Waals surface area contributed by atoms with E-state index >= 15 is 0 Å². The molecule has 0 bridgehead atoms. The van der Waals surface area contributed by atoms with Gasteiger partial charge in [-0.3, -0.25) is 9.78 Å². The second-order valence-electron chi connectivity index (χ2n) is 6.70. The van der Waals surface area contributed by atoms with Crippen molar-refractivity contribution in [3.63, 3.8) is 0 Å². The normalized spacial score (nSPS) is 11.3. The van der Waals surface area contributed by atoms with E-state index in [1.165, 1.54) is 6.07 Å². The molecule has 4 rings (SSSR count). The molecular formula is C24H18N4O3. The zero-order valence-corrected chi connectivity index (χ0v) is 16.4. The van der Waals surface area contributed by atoms with Crippen molar-refractivity contribution in [2.75, 3.05) is 0 Å². The van der Waals surface area contributed by atoms with E-state index in [1.54, 1.807) is 48.8 Å². The molecule has 7 heteroatoms. The minimum absolute atomic E-state index is 0.0851. The summed E-state index contributed by atoms with van der Waals surface area (Å²) in [6.45, 7) is 0.448. The Balaban J connectivity index is 1.39. The number of ether oxygens (including phenoxy) is 1. The standard InChI is InChI=1S/C24H18N4O3/c25-14-22(18-8-10-20(11-9-18)30-16-17-5-2-1-3-6-17)27-24(29)21-13-23(31-28-21)19-7-4-12-26-15-19/h1-13,15,22H,16H2,(H,27,29)/t22-/m1/s1. The lowest BCUT2D eigenvalue weighted by Gasteiger charge is -2.12. The van der Waals surface area contributed by atoms with E-state index < -0.39 is 11.9 Å². The molecule has 0 saturated heterocycles. The number of hydrogen-bond acceptors (Lipinski definition) is 6. The zero-order chi connectivity index (χ0) is 21.5. The molecule has 1 amide bonds. The highest BCUT2D eigenvalue weighted by atomic mass is 16.5. The minimum Gasteiger partial charge on any atom is -0.489 e. The number of hydrogen-bond donors (Lipinski definition) is 1. The van der Waals surface area contributed by atoms with Crippen molar-refractivity contribution in [3.05, 3.63) is 102 Å². The number of amides is 1. The molecule has 0 aliphatic carbocycles. The fourth-order valence-electron chi connectivity index (χ4n) is 2.92. The molecular weight excluding hydrogens is 392 g/mol. The molecule has 31 heavy (non-hydrogen) atoms. The van der Waals surface area contributed by atoms with Crippen molar-refractivity contribution >= 4 is 5.91 Å². The number of nitrogens with zero attached hydrogens (tertiary/aromatic N) is 3. The molecule has 0 fully saturated rings. The van der Waals surface area contributed by atoms with Gasteiger partial charge in [-0.15, -0.1) is 0 Å². The van der Waals surface area contributed by atoms with Gasteiger partial charge in [-0.25, -0.2) is 0 Å². The first-order chi connectivity index (χ1) is 15.2. The van der Waals surface area contributed by atoms with Gasteiger partial charge in [0.1, 0.15) is 18.4 Å². The fourth-order valence-corrected chi connectivity index (χ4v) is 2.92. The Kier molecular flexibility index (Phi) is 6.00. The molecule has 0 aliphatic heterocycles. The largest absolute Gasteiger partial charge is 0.489 e. The van der Waals surface area contributed by atoms with Gasteiger partial charge in [0.25, 0.3) is 5.91 Å². The summed E-state index contributed by atoms with van der Waals surface area (Å²) in [6.07, 6.45) is 3.25. The van der Waals surface area contributed by atoms with Crippen LogP contribution in [0.25, 0.3) is 11.3 Å². The Hall–Kier alpha value is -4.44. The van der Waals surface area contributed by atoms with E-state index in [9.17, 15) is 10.1 Å². The van der Waals surface area contributed by atoms with Crippen molar-refractivity contribution in [1.29, 1.82) is 5.26 Å². The first-order valence-electron chi connectivity index (χ1n) is 9.57. The highest BCUT2D eigenvalue weighted by molar-refractivity contribution is 5.93. The molecule has 0 radical (unpaired) electrons. The lowest BCUT2D eigenvalue weighted by molar-refractivity contribution is 0.0936. The first kappa shape index (κ1) is 19.9. The van der Waals surface area contributed by atoms with Gasteiger partial charge in [-0.1, -0.05) is 47.6 Å². The number of carbonyl (C=O) groups excluding carboxylic acids is 1. The molecule has 2 heterocycles. The van der Waals surface area contributed by atoms with Crippen molar-refractivity contribution in [2.24, 2.45) is 0 Å². The molecule has 7 nitrogen and oxygen atoms in total. The third kappa shape index (κ3) is 4.95. The SMILES string of the molecule is N#C[C@@H](NC(=O)c1cc(-c2cccnc2)on1)c1ccc(OCc2ccccc2)cc1. The molecule has 2 aromatic heterocycles. The van der Waals surface area contributed by atoms with Crippen LogP contribution < -0.4 is 10.1 Å². The van der Waals surface area contributed by atoms with Crippen LogP contribution in [0.4, 0.5) is 0 Å². The number of benzene rings is 2. The summed E-state index contributed by atoms with van der Waals surface area (Å²) >= 11 is 0. The van der Waals surface area contributed by atoms with Gasteiger partial charge in [0.15, 0.2) is 11.5 Å². The maximum atomic E-state index is 12.5. The molecule has 0 spiro atoms. The van der Waals surface area contributed by atoms with Crippen molar-refractivity contribution in [2.45, 2.75) is 12.6 Å². The maximum Gasteiger partial charge on any atom is 0.274 e. The van der Waals surface area contributed by atoms with Crippen LogP contribution in [0.3, 0.4) is 0 Å². The average molecular weight is 410 g/mol. The summed E-state index contributed by atoms with van der Waals surface area (Å²) in [5.74, 6) is 0.592. The summed E-state index contributed by atoms with van der Waals surface area (Å²) in [5.41, 5.74) is 2.49. The van der Waals surface area contributed by atoms with E-state index in [0.29, 0.717) is 29.2 Å². The molecule has 0 aliphatic rings. The molecule has 152 valence electrons. The van der Waals surface area contributed by atoms with Gasteiger partial charge >= 0.3 is 0 Å². The van der Waals surface area contributed by atoms with Gasteiger partial charge in [-0.05, 0) is 35.4 Å². The summed E-state index contributed by atoms with van der Waals surface area (Å²) in [5, 5.41) is 16.0. The first-order valence-corrected chi connectivity index (χ1v) is 9.57. The van der Waals surface area contributed by atoms with Gasteiger partial charge in [0.2, 0.25) is 0 Å². The van der Waals surface area contributed by atoms with Crippen LogP contribution in [0.1, 0.15) is 27.7 Å². The number of nitriles is 1. The van der Waals surface area contributed by atoms with Crippen LogP contribution in [0.2, 0.25) is 0 Å². The number of aromatic nitrogens is 2. The number of pyridine rings is 1. The highest BCUT2D eigenvalue weighted by Gasteiger charge is 2.19. The Morgan fingerprint density at radius 3 is 2.61 bits per heavy atom. The predicted molar refractivity (Wildman–Crippen MR) is 113 cm³/mol. The van der Waals surface area contributed by atoms with Crippen LogP contribution in [0.5, 0.6) is 5.75 Å². The summed E-state index contributed by atoms with van der Waals surface area (Å²) in [6, 6.07) is 23.2. The molecule has 1 N–H and O–H groups in total. The minimum atomic E-state index is -0.839. The summed E-state index contributed by atoms with van der Waals surface area (Å²) < 4.78 is 11.0. The van der Waals surface area contributed by atoms with Crippen LogP contribution in [-0.2, 0) is 6.61 Å². The summed E-state index contributed by atoms with van der Waals surface area (Å²) in [4.78, 5) is 16.5. The predicted octanol–water partition coefficient (Wildman–Crippen LogP) is 4.31. The van der Waals surface area contributed by atoms with Crippen molar-refractivity contribution in [3.8, 4) is 23.1 Å². The topological polar surface area (TPSA) is 101 Å². The fraction of sp³-hybridized carbons (Fsp3) is 0.0833. The van der Waals surface area contributed by atoms with Crippen molar-refractivity contribution in [1.82, 2.24) is 15.5 Å². The monoisotopic (exact) mass is 410 g/mol. The molecule has 1 atom stereocenters. The van der Waals surface area contributed by atoms with E-state index in [0.717, 1.165) is 5.56 Å². The molecule has 0 unspecified atom stereocenters. The van der Waals surface area contributed by atoms with Crippen LogP contribution in [0.15, 0.2) is 89.7 Å². The molecule has 0 saturated carbocycles. The third-order valence-electron chi connectivity index (χ3n) is 4.56. The summed E-state index contributed by atoms with van der Waals surface area (Å²) in [7, 11) is 0. The van der Waals surface area contributed by atoms with Crippen molar-refractivity contribution < 1.29 is 14.1 Å². The molecule has 4 aromatic rings. The van der Waals surface area contributed by atoms with Crippen LogP contribution in [0, 0.1) is 11.3 Å². The highest BCUT2D eigenvalue weighted by Crippen LogP contribution is 2.21. The second kappa shape index (κ2) is 9.37. The Morgan fingerprint density at radius 2 is 1.90 bits per heavy atom. The van der Waals surface area contributed by atoms with Gasteiger partial charge in [0.05, 0.1) is 6.07 Å². The van der Waals surface area contributed by atoms with Gasteiger partial charge < -0.3 is 14.6 Å². The Labute approximate surface area is 178 Å². The second-order valence-corrected chi connectivity index (χ2v) is 6.70. The molecule has 2 aromatic carbocycles. The van der Waals surface area contributed by atoms with E-state index in [2.05, 4.69) is 21.5 Å². The van der Waals surface area contributed by atoms with Gasteiger partial charge in [-0.2, -0.15) is 5.26 Å². The van der Waals surface area contributed by atoms with Gasteiger partial charge in [0, 0.05) is 24.0 Å². The Morgan fingerprint density at radius 1 is 1.10 bits per heavy atom. The van der Waals surface area contributed by atoms with Crippen LogP contribution in [-0.4, -0.2) is 16.0 Å². The van der Waals surface area contributed by atoms with E-state index in [-0.39, 0.29) is 5.69 Å². The smallest absolute Gasteiger partial charge is 0.274 e.